The van der Waals surface area contributed by atoms with Crippen molar-refractivity contribution in [2.24, 2.45) is 5.84 Å². The third-order valence-electron chi connectivity index (χ3n) is 1.96. The molecule has 0 fully saturated rings. The Hall–Kier alpha value is -1.40. The number of hydrogen-bond acceptors (Lipinski definition) is 6. The number of hydrazine groups is 1. The molecule has 0 aromatic carbocycles. The fourth-order valence-corrected chi connectivity index (χ4v) is 2.26. The van der Waals surface area contributed by atoms with Gasteiger partial charge < -0.3 is 4.74 Å². The van der Waals surface area contributed by atoms with E-state index in [1.54, 1.807) is 11.3 Å². The first-order valence-electron chi connectivity index (χ1n) is 5.01. The Bertz CT molecular complexity index is 509. The van der Waals surface area contributed by atoms with Gasteiger partial charge in [0.05, 0.1) is 11.5 Å². The Morgan fingerprint density at radius 3 is 2.81 bits per heavy atom. The number of ether oxygens (including phenoxy) is 1. The molecule has 0 aliphatic rings. The topological polar surface area (TPSA) is 73.1 Å². The van der Waals surface area contributed by atoms with Gasteiger partial charge in [-0.15, -0.1) is 11.3 Å². The van der Waals surface area contributed by atoms with Crippen molar-refractivity contribution in [2.45, 2.75) is 26.9 Å². The highest BCUT2D eigenvalue weighted by Gasteiger charge is 2.12. The molecular formula is C10H14N4OS. The molecule has 0 saturated carbocycles. The number of nitrogens with one attached hydrogen (secondary N) is 1. The minimum atomic E-state index is 0.0731. The van der Waals surface area contributed by atoms with Gasteiger partial charge in [0.25, 0.3) is 0 Å². The molecule has 16 heavy (non-hydrogen) atoms. The fraction of sp³-hybridized carbons (Fsp3) is 0.400. The molecule has 2 heterocycles. The molecule has 0 aliphatic heterocycles. The number of aromatic nitrogens is 2. The quantitative estimate of drug-likeness (QED) is 0.632. The lowest BCUT2D eigenvalue weighted by Crippen LogP contribution is -2.13. The largest absolute Gasteiger partial charge is 0.474 e. The Kier molecular flexibility index (Phi) is 2.93. The van der Waals surface area contributed by atoms with Gasteiger partial charge in [0.15, 0.2) is 0 Å². The van der Waals surface area contributed by atoms with Crippen LogP contribution in [0.5, 0.6) is 5.88 Å². The molecule has 0 radical (unpaired) electrons. The molecule has 2 rings (SSSR count). The summed E-state index contributed by atoms with van der Waals surface area (Å²) >= 11 is 1.60. The van der Waals surface area contributed by atoms with E-state index in [1.165, 1.54) is 4.88 Å². The smallest absolute Gasteiger partial charge is 0.241 e. The van der Waals surface area contributed by atoms with Gasteiger partial charge >= 0.3 is 0 Å². The highest BCUT2D eigenvalue weighted by atomic mass is 32.1. The van der Waals surface area contributed by atoms with E-state index in [9.17, 15) is 0 Å². The predicted octanol–water partition coefficient (Wildman–Crippen LogP) is 2.07. The van der Waals surface area contributed by atoms with Gasteiger partial charge in [-0.3, -0.25) is 5.43 Å². The second-order valence-electron chi connectivity index (χ2n) is 3.74. The lowest BCUT2D eigenvalue weighted by molar-refractivity contribution is 0.236. The van der Waals surface area contributed by atoms with Crippen LogP contribution in [-0.2, 0) is 0 Å². The van der Waals surface area contributed by atoms with Crippen LogP contribution in [0.1, 0.15) is 18.7 Å². The van der Waals surface area contributed by atoms with Crippen LogP contribution in [0.25, 0.3) is 10.2 Å². The van der Waals surface area contributed by atoms with Gasteiger partial charge in [-0.2, -0.15) is 4.98 Å². The van der Waals surface area contributed by atoms with E-state index in [-0.39, 0.29) is 6.10 Å². The maximum Gasteiger partial charge on any atom is 0.241 e. The van der Waals surface area contributed by atoms with Crippen LogP contribution in [0, 0.1) is 6.92 Å². The number of nitrogens with zero attached hydrogens (tertiary/aromatic N) is 2. The lowest BCUT2D eigenvalue weighted by Gasteiger charge is -2.10. The third kappa shape index (κ3) is 2.07. The van der Waals surface area contributed by atoms with Crippen molar-refractivity contribution in [1.29, 1.82) is 0 Å². The number of thiophene rings is 1. The number of rotatable bonds is 3. The van der Waals surface area contributed by atoms with Crippen LogP contribution in [0.4, 0.5) is 5.95 Å². The Morgan fingerprint density at radius 1 is 1.44 bits per heavy atom. The second-order valence-corrected chi connectivity index (χ2v) is 4.97. The number of anilines is 1. The SMILES string of the molecule is Cc1cc2c(OC(C)C)nc(NN)nc2s1. The van der Waals surface area contributed by atoms with Crippen LogP contribution in [0.2, 0.25) is 0 Å². The van der Waals surface area contributed by atoms with Crippen molar-refractivity contribution in [2.75, 3.05) is 5.43 Å². The first kappa shape index (κ1) is 11.1. The van der Waals surface area contributed by atoms with E-state index < -0.39 is 0 Å². The summed E-state index contributed by atoms with van der Waals surface area (Å²) in [5.74, 6) is 6.28. The highest BCUT2D eigenvalue weighted by molar-refractivity contribution is 7.18. The van der Waals surface area contributed by atoms with Crippen LogP contribution >= 0.6 is 11.3 Å². The minimum Gasteiger partial charge on any atom is -0.474 e. The average Bonchev–Trinajstić information content (AvgIpc) is 2.57. The van der Waals surface area contributed by atoms with Gasteiger partial charge in [-0.1, -0.05) is 0 Å². The molecule has 86 valence electrons. The van der Waals surface area contributed by atoms with E-state index in [4.69, 9.17) is 10.6 Å². The number of hydrogen-bond donors (Lipinski definition) is 2. The van der Waals surface area contributed by atoms with Crippen molar-refractivity contribution >= 4 is 27.5 Å². The summed E-state index contributed by atoms with van der Waals surface area (Å²) in [5, 5.41) is 0.940. The van der Waals surface area contributed by atoms with Gasteiger partial charge in [-0.25, -0.2) is 10.8 Å². The molecule has 0 aliphatic carbocycles. The summed E-state index contributed by atoms with van der Waals surface area (Å²) in [5.41, 5.74) is 2.45. The van der Waals surface area contributed by atoms with Crippen molar-refractivity contribution < 1.29 is 4.74 Å². The lowest BCUT2D eigenvalue weighted by atomic mass is 10.3. The number of fused-ring (bicyclic) bond motifs is 1. The molecule has 2 aromatic rings. The molecule has 0 unspecified atom stereocenters. The molecule has 2 aromatic heterocycles. The predicted molar refractivity (Wildman–Crippen MR) is 65.7 cm³/mol. The molecule has 0 atom stereocenters. The Labute approximate surface area is 97.6 Å². The molecule has 0 bridgehead atoms. The van der Waals surface area contributed by atoms with E-state index in [0.29, 0.717) is 11.8 Å². The summed E-state index contributed by atoms with van der Waals surface area (Å²) in [7, 11) is 0. The minimum absolute atomic E-state index is 0.0731. The van der Waals surface area contributed by atoms with Gasteiger partial charge in [-0.05, 0) is 26.8 Å². The molecular weight excluding hydrogens is 224 g/mol. The van der Waals surface area contributed by atoms with Crippen LogP contribution in [0.15, 0.2) is 6.07 Å². The van der Waals surface area contributed by atoms with Crippen LogP contribution in [0.3, 0.4) is 0 Å². The maximum absolute atomic E-state index is 5.64. The summed E-state index contributed by atoms with van der Waals surface area (Å²) in [6, 6.07) is 2.03. The van der Waals surface area contributed by atoms with Crippen molar-refractivity contribution in [3.63, 3.8) is 0 Å². The monoisotopic (exact) mass is 238 g/mol. The number of aryl methyl sites for hydroxylation is 1. The fourth-order valence-electron chi connectivity index (χ4n) is 1.39. The summed E-state index contributed by atoms with van der Waals surface area (Å²) in [4.78, 5) is 10.5. The van der Waals surface area contributed by atoms with Crippen LogP contribution in [-0.4, -0.2) is 16.1 Å². The summed E-state index contributed by atoms with van der Waals surface area (Å²) < 4.78 is 5.64. The van der Waals surface area contributed by atoms with E-state index in [0.717, 1.165) is 10.2 Å². The molecule has 0 saturated heterocycles. The third-order valence-corrected chi connectivity index (χ3v) is 2.90. The number of nitrogen functional groups attached to an aromatic ring is 1. The summed E-state index contributed by atoms with van der Waals surface area (Å²) in [6.45, 7) is 5.95. The normalized spacial score (nSPS) is 11.1. The molecule has 5 nitrogen and oxygen atoms in total. The average molecular weight is 238 g/mol. The number of nitrogens with two attached hydrogens (primary N) is 1. The molecule has 0 spiro atoms. The van der Waals surface area contributed by atoms with E-state index in [2.05, 4.69) is 15.4 Å². The van der Waals surface area contributed by atoms with Crippen molar-refractivity contribution in [1.82, 2.24) is 9.97 Å². The first-order valence-corrected chi connectivity index (χ1v) is 5.83. The Balaban J connectivity index is 2.58. The Morgan fingerprint density at radius 2 is 2.19 bits per heavy atom. The molecule has 3 N–H and O–H groups in total. The highest BCUT2D eigenvalue weighted by Crippen LogP contribution is 2.31. The van der Waals surface area contributed by atoms with Gasteiger partial charge in [0.1, 0.15) is 4.83 Å². The standard InChI is InChI=1S/C10H14N4OS/c1-5(2)15-8-7-4-6(3)16-9(7)13-10(12-8)14-11/h4-5H,11H2,1-3H3,(H,12,13,14). The first-order chi connectivity index (χ1) is 7.60. The second kappa shape index (κ2) is 4.23. The van der Waals surface area contributed by atoms with Gasteiger partial charge in [0, 0.05) is 4.88 Å². The molecule has 0 amide bonds. The zero-order valence-electron chi connectivity index (χ0n) is 9.44. The maximum atomic E-state index is 5.64. The van der Waals surface area contributed by atoms with E-state index in [1.807, 2.05) is 26.8 Å². The van der Waals surface area contributed by atoms with Crippen molar-refractivity contribution in [3.8, 4) is 5.88 Å². The molecule has 6 heteroatoms. The zero-order valence-corrected chi connectivity index (χ0v) is 10.3. The summed E-state index contributed by atoms with van der Waals surface area (Å²) in [6.07, 6.45) is 0.0731. The van der Waals surface area contributed by atoms with Gasteiger partial charge in [0.2, 0.25) is 11.8 Å². The van der Waals surface area contributed by atoms with E-state index >= 15 is 0 Å². The van der Waals surface area contributed by atoms with Crippen molar-refractivity contribution in [3.05, 3.63) is 10.9 Å². The van der Waals surface area contributed by atoms with Crippen LogP contribution < -0.4 is 16.0 Å². The zero-order chi connectivity index (χ0) is 11.7.